The molecule has 0 bridgehead atoms. The SMILES string of the molecule is COC(Cc1cnc(OC(C)=O)c(N)n1)OC. The molecule has 7 nitrogen and oxygen atoms in total. The number of nitrogens with zero attached hydrogens (tertiary/aromatic N) is 2. The largest absolute Gasteiger partial charge is 0.404 e. The zero-order chi connectivity index (χ0) is 12.8. The third-order valence-corrected chi connectivity index (χ3v) is 1.96. The summed E-state index contributed by atoms with van der Waals surface area (Å²) in [5.74, 6) is -0.429. The second-order valence-electron chi connectivity index (χ2n) is 3.25. The van der Waals surface area contributed by atoms with Crippen LogP contribution >= 0.6 is 0 Å². The molecule has 0 fully saturated rings. The lowest BCUT2D eigenvalue weighted by Crippen LogP contribution is -2.18. The molecule has 0 spiro atoms. The van der Waals surface area contributed by atoms with Crippen LogP contribution in [0.15, 0.2) is 6.20 Å². The van der Waals surface area contributed by atoms with E-state index in [0.29, 0.717) is 12.1 Å². The average molecular weight is 241 g/mol. The van der Waals surface area contributed by atoms with E-state index in [9.17, 15) is 4.79 Å². The Bertz CT molecular complexity index is 393. The zero-order valence-corrected chi connectivity index (χ0v) is 9.97. The molecule has 0 radical (unpaired) electrons. The van der Waals surface area contributed by atoms with Crippen molar-refractivity contribution in [3.63, 3.8) is 0 Å². The van der Waals surface area contributed by atoms with E-state index in [1.54, 1.807) is 0 Å². The molecule has 1 rings (SSSR count). The monoisotopic (exact) mass is 241 g/mol. The average Bonchev–Trinajstić information content (AvgIpc) is 2.29. The van der Waals surface area contributed by atoms with Gasteiger partial charge in [-0.3, -0.25) is 4.79 Å². The molecule has 17 heavy (non-hydrogen) atoms. The number of carbonyl (C=O) groups is 1. The van der Waals surface area contributed by atoms with Gasteiger partial charge in [-0.05, 0) is 0 Å². The fraction of sp³-hybridized carbons (Fsp3) is 0.500. The Labute approximate surface area is 98.9 Å². The molecule has 0 aliphatic heterocycles. The maximum absolute atomic E-state index is 10.7. The van der Waals surface area contributed by atoms with Gasteiger partial charge in [0.15, 0.2) is 12.1 Å². The zero-order valence-electron chi connectivity index (χ0n) is 9.97. The Hall–Kier alpha value is -1.73. The molecule has 1 aromatic heterocycles. The molecular formula is C10H15N3O4. The van der Waals surface area contributed by atoms with E-state index in [4.69, 9.17) is 19.9 Å². The van der Waals surface area contributed by atoms with Crippen LogP contribution in [0.3, 0.4) is 0 Å². The van der Waals surface area contributed by atoms with Gasteiger partial charge in [0, 0.05) is 27.6 Å². The van der Waals surface area contributed by atoms with E-state index in [-0.39, 0.29) is 11.7 Å². The molecule has 94 valence electrons. The summed E-state index contributed by atoms with van der Waals surface area (Å²) in [6.45, 7) is 1.26. The number of hydrogen-bond donors (Lipinski definition) is 1. The molecule has 0 aliphatic rings. The van der Waals surface area contributed by atoms with Gasteiger partial charge in [-0.15, -0.1) is 0 Å². The quantitative estimate of drug-likeness (QED) is 0.578. The summed E-state index contributed by atoms with van der Waals surface area (Å²) in [5, 5.41) is 0. The fourth-order valence-electron chi connectivity index (χ4n) is 1.18. The van der Waals surface area contributed by atoms with Crippen molar-refractivity contribution in [2.75, 3.05) is 20.0 Å². The van der Waals surface area contributed by atoms with Crippen LogP contribution in [-0.2, 0) is 20.7 Å². The summed E-state index contributed by atoms with van der Waals surface area (Å²) in [7, 11) is 3.05. The van der Waals surface area contributed by atoms with Gasteiger partial charge in [0.2, 0.25) is 0 Å². The fourth-order valence-corrected chi connectivity index (χ4v) is 1.18. The normalized spacial score (nSPS) is 10.6. The highest BCUT2D eigenvalue weighted by molar-refractivity contribution is 5.70. The van der Waals surface area contributed by atoms with Crippen LogP contribution in [0.1, 0.15) is 12.6 Å². The number of nitrogens with two attached hydrogens (primary N) is 1. The first-order valence-electron chi connectivity index (χ1n) is 4.92. The number of carbonyl (C=O) groups excluding carboxylic acids is 1. The van der Waals surface area contributed by atoms with Crippen LogP contribution in [-0.4, -0.2) is 36.4 Å². The number of rotatable bonds is 5. The van der Waals surface area contributed by atoms with E-state index >= 15 is 0 Å². The van der Waals surface area contributed by atoms with Gasteiger partial charge in [0.25, 0.3) is 5.88 Å². The number of methoxy groups -OCH3 is 2. The number of nitrogen functional groups attached to an aromatic ring is 1. The molecule has 0 unspecified atom stereocenters. The molecule has 0 amide bonds. The summed E-state index contributed by atoms with van der Waals surface area (Å²) in [6, 6.07) is 0. The van der Waals surface area contributed by atoms with E-state index < -0.39 is 12.3 Å². The Morgan fingerprint density at radius 2 is 2.12 bits per heavy atom. The predicted octanol–water partition coefficient (Wildman–Crippen LogP) is 0.145. The van der Waals surface area contributed by atoms with Crippen LogP contribution in [0.2, 0.25) is 0 Å². The van der Waals surface area contributed by atoms with E-state index in [2.05, 4.69) is 9.97 Å². The highest BCUT2D eigenvalue weighted by atomic mass is 16.7. The van der Waals surface area contributed by atoms with E-state index in [0.717, 1.165) is 0 Å². The van der Waals surface area contributed by atoms with Crippen LogP contribution in [0.25, 0.3) is 0 Å². The summed E-state index contributed by atoms with van der Waals surface area (Å²) in [6.07, 6.45) is 1.45. The lowest BCUT2D eigenvalue weighted by Gasteiger charge is -2.12. The van der Waals surface area contributed by atoms with Gasteiger partial charge in [-0.2, -0.15) is 0 Å². The van der Waals surface area contributed by atoms with E-state index in [1.165, 1.54) is 27.3 Å². The number of aromatic nitrogens is 2. The van der Waals surface area contributed by atoms with E-state index in [1.807, 2.05) is 0 Å². The minimum atomic E-state index is -0.495. The molecule has 0 atom stereocenters. The maximum Gasteiger partial charge on any atom is 0.309 e. The Kier molecular flexibility index (Phi) is 4.80. The third-order valence-electron chi connectivity index (χ3n) is 1.96. The van der Waals surface area contributed by atoms with Crippen LogP contribution < -0.4 is 10.5 Å². The molecule has 2 N–H and O–H groups in total. The number of hydrogen-bond acceptors (Lipinski definition) is 7. The van der Waals surface area contributed by atoms with Crippen molar-refractivity contribution in [1.82, 2.24) is 9.97 Å². The Morgan fingerprint density at radius 3 is 2.59 bits per heavy atom. The number of anilines is 1. The van der Waals surface area contributed by atoms with Crippen molar-refractivity contribution in [1.29, 1.82) is 0 Å². The Morgan fingerprint density at radius 1 is 1.47 bits per heavy atom. The Balaban J connectivity index is 2.77. The van der Waals surface area contributed by atoms with Gasteiger partial charge in [0.1, 0.15) is 0 Å². The molecule has 7 heteroatoms. The van der Waals surface area contributed by atoms with Gasteiger partial charge >= 0.3 is 5.97 Å². The van der Waals surface area contributed by atoms with Crippen molar-refractivity contribution in [3.8, 4) is 5.88 Å². The summed E-state index contributed by atoms with van der Waals surface area (Å²) in [5.41, 5.74) is 6.19. The molecule has 1 heterocycles. The lowest BCUT2D eigenvalue weighted by atomic mass is 10.3. The highest BCUT2D eigenvalue weighted by Crippen LogP contribution is 2.16. The highest BCUT2D eigenvalue weighted by Gasteiger charge is 2.12. The summed E-state index contributed by atoms with van der Waals surface area (Å²) < 4.78 is 14.8. The molecule has 0 aliphatic carbocycles. The van der Waals surface area contributed by atoms with Gasteiger partial charge < -0.3 is 19.9 Å². The molecular weight excluding hydrogens is 226 g/mol. The van der Waals surface area contributed by atoms with Gasteiger partial charge in [0.05, 0.1) is 11.9 Å². The van der Waals surface area contributed by atoms with Crippen LogP contribution in [0.4, 0.5) is 5.82 Å². The summed E-state index contributed by atoms with van der Waals surface area (Å²) in [4.78, 5) is 18.7. The molecule has 1 aromatic rings. The standard InChI is InChI=1S/C10H15N3O4/c1-6(14)17-10-9(11)13-7(5-12-10)4-8(15-2)16-3/h5,8H,4H2,1-3H3,(H2,11,13). The first-order valence-corrected chi connectivity index (χ1v) is 4.92. The minimum Gasteiger partial charge on any atom is -0.404 e. The van der Waals surface area contributed by atoms with Gasteiger partial charge in [-0.25, -0.2) is 9.97 Å². The van der Waals surface area contributed by atoms with Crippen molar-refractivity contribution in [3.05, 3.63) is 11.9 Å². The summed E-state index contributed by atoms with van der Waals surface area (Å²) >= 11 is 0. The van der Waals surface area contributed by atoms with Crippen molar-refractivity contribution < 1.29 is 19.0 Å². The second kappa shape index (κ2) is 6.12. The van der Waals surface area contributed by atoms with Crippen molar-refractivity contribution >= 4 is 11.8 Å². The second-order valence-corrected chi connectivity index (χ2v) is 3.25. The van der Waals surface area contributed by atoms with Crippen LogP contribution in [0, 0.1) is 0 Å². The number of esters is 1. The number of ether oxygens (including phenoxy) is 3. The van der Waals surface area contributed by atoms with Crippen molar-refractivity contribution in [2.45, 2.75) is 19.6 Å². The van der Waals surface area contributed by atoms with Gasteiger partial charge in [-0.1, -0.05) is 0 Å². The molecule has 0 saturated heterocycles. The topological polar surface area (TPSA) is 96.6 Å². The minimum absolute atomic E-state index is 0.00707. The smallest absolute Gasteiger partial charge is 0.309 e. The molecule has 0 aromatic carbocycles. The predicted molar refractivity (Wildman–Crippen MR) is 59.3 cm³/mol. The lowest BCUT2D eigenvalue weighted by molar-refractivity contribution is -0.132. The third kappa shape index (κ3) is 3.97. The molecule has 0 saturated carbocycles. The first-order chi connectivity index (χ1) is 8.06. The van der Waals surface area contributed by atoms with Crippen LogP contribution in [0.5, 0.6) is 5.88 Å². The first kappa shape index (κ1) is 13.3. The maximum atomic E-state index is 10.7. The van der Waals surface area contributed by atoms with Crippen molar-refractivity contribution in [2.24, 2.45) is 0 Å².